The van der Waals surface area contributed by atoms with Crippen molar-refractivity contribution < 1.29 is 4.39 Å². The fourth-order valence-electron chi connectivity index (χ4n) is 0.814. The predicted molar refractivity (Wildman–Crippen MR) is 41.2 cm³/mol. The van der Waals surface area contributed by atoms with E-state index in [1.165, 1.54) is 26.1 Å². The molecule has 0 aliphatic carbocycles. The van der Waals surface area contributed by atoms with Crippen LogP contribution in [0.15, 0.2) is 23.1 Å². The molecule has 0 saturated carbocycles. The molecule has 0 spiro atoms. The number of pyridine rings is 1. The van der Waals surface area contributed by atoms with Gasteiger partial charge >= 0.3 is 0 Å². The number of alkyl halides is 1. The second-order valence-electron chi connectivity index (χ2n) is 2.91. The molecule has 0 unspecified atom stereocenters. The number of rotatable bonds is 1. The summed E-state index contributed by atoms with van der Waals surface area (Å²) >= 11 is 0. The van der Waals surface area contributed by atoms with Crippen LogP contribution in [0.25, 0.3) is 0 Å². The lowest BCUT2D eigenvalue weighted by atomic mass is 10.0. The molecular weight excluding hydrogens is 145 g/mol. The minimum atomic E-state index is -1.44. The second kappa shape index (κ2) is 2.49. The number of hydrogen-bond acceptors (Lipinski definition) is 1. The minimum absolute atomic E-state index is 0.270. The summed E-state index contributed by atoms with van der Waals surface area (Å²) < 4.78 is 13.1. The maximum atomic E-state index is 13.1. The molecule has 0 amide bonds. The van der Waals surface area contributed by atoms with Crippen LogP contribution in [-0.2, 0) is 5.67 Å². The summed E-state index contributed by atoms with van der Waals surface area (Å²) in [5.41, 5.74) is -1.30. The van der Waals surface area contributed by atoms with Crippen LogP contribution in [0.4, 0.5) is 4.39 Å². The molecule has 1 rings (SSSR count). The number of H-pyrrole nitrogens is 1. The molecule has 0 radical (unpaired) electrons. The monoisotopic (exact) mass is 155 g/mol. The van der Waals surface area contributed by atoms with Crippen molar-refractivity contribution in [1.82, 2.24) is 4.98 Å². The van der Waals surface area contributed by atoms with Crippen molar-refractivity contribution in [2.75, 3.05) is 0 Å². The molecule has 1 aromatic heterocycles. The zero-order valence-electron chi connectivity index (χ0n) is 6.52. The van der Waals surface area contributed by atoms with Crippen molar-refractivity contribution in [3.05, 3.63) is 34.2 Å². The lowest BCUT2D eigenvalue weighted by Crippen LogP contribution is -2.14. The summed E-state index contributed by atoms with van der Waals surface area (Å²) in [7, 11) is 0. The van der Waals surface area contributed by atoms with Crippen molar-refractivity contribution in [3.63, 3.8) is 0 Å². The highest BCUT2D eigenvalue weighted by atomic mass is 19.1. The highest BCUT2D eigenvalue weighted by Crippen LogP contribution is 2.21. The smallest absolute Gasteiger partial charge is 0.248 e. The van der Waals surface area contributed by atoms with Gasteiger partial charge in [-0.2, -0.15) is 0 Å². The Hall–Kier alpha value is -1.12. The van der Waals surface area contributed by atoms with Crippen molar-refractivity contribution in [3.8, 4) is 0 Å². The van der Waals surface area contributed by atoms with Gasteiger partial charge in [-0.05, 0) is 25.5 Å². The first-order chi connectivity index (χ1) is 5.00. The standard InChI is InChI=1S/C8H10FNO/c1-8(2,9)6-3-4-10-7(11)5-6/h3-5H,1-2H3,(H,10,11). The zero-order chi connectivity index (χ0) is 8.48. The molecule has 1 N–H and O–H groups in total. The van der Waals surface area contributed by atoms with E-state index in [-0.39, 0.29) is 5.56 Å². The highest BCUT2D eigenvalue weighted by Gasteiger charge is 2.18. The van der Waals surface area contributed by atoms with Crippen molar-refractivity contribution in [2.45, 2.75) is 19.5 Å². The van der Waals surface area contributed by atoms with Gasteiger partial charge in [0.2, 0.25) is 5.56 Å². The molecule has 3 heteroatoms. The maximum absolute atomic E-state index is 13.1. The Bertz CT molecular complexity index is 297. The van der Waals surface area contributed by atoms with Crippen LogP contribution in [0.2, 0.25) is 0 Å². The van der Waals surface area contributed by atoms with Gasteiger partial charge in [0.15, 0.2) is 0 Å². The van der Waals surface area contributed by atoms with Gasteiger partial charge in [0, 0.05) is 12.3 Å². The summed E-state index contributed by atoms with van der Waals surface area (Å²) in [5.74, 6) is 0. The maximum Gasteiger partial charge on any atom is 0.248 e. The van der Waals surface area contributed by atoms with Crippen LogP contribution in [0.5, 0.6) is 0 Å². The number of hydrogen-bond donors (Lipinski definition) is 1. The van der Waals surface area contributed by atoms with E-state index in [0.717, 1.165) is 0 Å². The number of aromatic nitrogens is 1. The third kappa shape index (κ3) is 1.90. The third-order valence-electron chi connectivity index (χ3n) is 1.46. The minimum Gasteiger partial charge on any atom is -0.329 e. The molecule has 0 fully saturated rings. The Kier molecular flexibility index (Phi) is 1.81. The van der Waals surface area contributed by atoms with Crippen molar-refractivity contribution in [1.29, 1.82) is 0 Å². The van der Waals surface area contributed by atoms with Gasteiger partial charge in [0.25, 0.3) is 0 Å². The predicted octanol–water partition coefficient (Wildman–Crippen LogP) is 1.58. The molecule has 0 aliphatic rings. The first-order valence-corrected chi connectivity index (χ1v) is 3.38. The van der Waals surface area contributed by atoms with Gasteiger partial charge in [0.05, 0.1) is 0 Å². The Morgan fingerprint density at radius 3 is 2.55 bits per heavy atom. The number of aromatic amines is 1. The fourth-order valence-corrected chi connectivity index (χ4v) is 0.814. The van der Waals surface area contributed by atoms with Crippen molar-refractivity contribution in [2.24, 2.45) is 0 Å². The van der Waals surface area contributed by atoms with Gasteiger partial charge < -0.3 is 4.98 Å². The molecule has 0 atom stereocenters. The quantitative estimate of drug-likeness (QED) is 0.656. The summed E-state index contributed by atoms with van der Waals surface area (Å²) in [6.07, 6.45) is 1.44. The topological polar surface area (TPSA) is 32.9 Å². The van der Waals surface area contributed by atoms with Gasteiger partial charge in [-0.25, -0.2) is 4.39 Å². The van der Waals surface area contributed by atoms with Gasteiger partial charge in [-0.15, -0.1) is 0 Å². The zero-order valence-corrected chi connectivity index (χ0v) is 6.52. The van der Waals surface area contributed by atoms with Crippen LogP contribution < -0.4 is 5.56 Å². The van der Waals surface area contributed by atoms with E-state index < -0.39 is 5.67 Å². The molecule has 11 heavy (non-hydrogen) atoms. The lowest BCUT2D eigenvalue weighted by molar-refractivity contribution is 0.221. The SMILES string of the molecule is CC(C)(F)c1cc[nH]c(=O)c1. The second-order valence-corrected chi connectivity index (χ2v) is 2.91. The normalized spacial score (nSPS) is 11.5. The largest absolute Gasteiger partial charge is 0.329 e. The number of halogens is 1. The van der Waals surface area contributed by atoms with E-state index in [4.69, 9.17) is 0 Å². The summed E-state index contributed by atoms with van der Waals surface area (Å²) in [6, 6.07) is 2.82. The summed E-state index contributed by atoms with van der Waals surface area (Å²) in [6.45, 7) is 2.84. The third-order valence-corrected chi connectivity index (χ3v) is 1.46. The molecule has 2 nitrogen and oxygen atoms in total. The lowest BCUT2D eigenvalue weighted by Gasteiger charge is -2.12. The Balaban J connectivity index is 3.16. The molecule has 60 valence electrons. The van der Waals surface area contributed by atoms with E-state index >= 15 is 0 Å². The molecule has 0 aliphatic heterocycles. The molecule has 0 bridgehead atoms. The Morgan fingerprint density at radius 2 is 2.18 bits per heavy atom. The molecule has 1 heterocycles. The number of nitrogens with one attached hydrogen (secondary N) is 1. The average Bonchev–Trinajstić information content (AvgIpc) is 1.86. The molecule has 0 saturated heterocycles. The highest BCUT2D eigenvalue weighted by molar-refractivity contribution is 5.16. The van der Waals surface area contributed by atoms with E-state index in [0.29, 0.717) is 5.56 Å². The van der Waals surface area contributed by atoms with Gasteiger partial charge in [-0.1, -0.05) is 0 Å². The van der Waals surface area contributed by atoms with Crippen molar-refractivity contribution >= 4 is 0 Å². The van der Waals surface area contributed by atoms with Crippen LogP contribution in [0.3, 0.4) is 0 Å². The summed E-state index contributed by atoms with van der Waals surface area (Å²) in [5, 5.41) is 0. The first-order valence-electron chi connectivity index (χ1n) is 3.38. The summed E-state index contributed by atoms with van der Waals surface area (Å²) in [4.78, 5) is 13.1. The Labute approximate surface area is 64.1 Å². The molecular formula is C8H10FNO. The van der Waals surface area contributed by atoms with Crippen LogP contribution >= 0.6 is 0 Å². The van der Waals surface area contributed by atoms with Gasteiger partial charge in [0.1, 0.15) is 5.67 Å². The fraction of sp³-hybridized carbons (Fsp3) is 0.375. The molecule has 0 aromatic carbocycles. The van der Waals surface area contributed by atoms with Crippen LogP contribution in [-0.4, -0.2) is 4.98 Å². The first kappa shape index (κ1) is 7.98. The van der Waals surface area contributed by atoms with Gasteiger partial charge in [-0.3, -0.25) is 4.79 Å². The average molecular weight is 155 g/mol. The van der Waals surface area contributed by atoms with Crippen LogP contribution in [0.1, 0.15) is 19.4 Å². The molecule has 1 aromatic rings. The van der Waals surface area contributed by atoms with E-state index in [2.05, 4.69) is 4.98 Å². The van der Waals surface area contributed by atoms with E-state index in [1.807, 2.05) is 0 Å². The van der Waals surface area contributed by atoms with E-state index in [9.17, 15) is 9.18 Å². The van der Waals surface area contributed by atoms with E-state index in [1.54, 1.807) is 6.07 Å². The van der Waals surface area contributed by atoms with Crippen LogP contribution in [0, 0.1) is 0 Å². The Morgan fingerprint density at radius 1 is 1.55 bits per heavy atom.